The van der Waals surface area contributed by atoms with Gasteiger partial charge in [-0.2, -0.15) is 0 Å². The lowest BCUT2D eigenvalue weighted by Gasteiger charge is -2.18. The van der Waals surface area contributed by atoms with Crippen LogP contribution in [0.5, 0.6) is 0 Å². The SMILES string of the molecule is C/C=[N+](\[O-])C(C(N)=O)C(C)CC. The fraction of sp³-hybridized carbons (Fsp3) is 0.750. The van der Waals surface area contributed by atoms with Gasteiger partial charge in [-0.05, 0) is 6.42 Å². The monoisotopic (exact) mass is 172 g/mol. The first-order valence-electron chi connectivity index (χ1n) is 4.08. The highest BCUT2D eigenvalue weighted by atomic mass is 16.5. The molecule has 0 aromatic carbocycles. The summed E-state index contributed by atoms with van der Waals surface area (Å²) >= 11 is 0. The van der Waals surface area contributed by atoms with Crippen LogP contribution in [0.3, 0.4) is 0 Å². The van der Waals surface area contributed by atoms with E-state index in [1.807, 2.05) is 13.8 Å². The van der Waals surface area contributed by atoms with Crippen LogP contribution in [0.2, 0.25) is 0 Å². The fourth-order valence-electron chi connectivity index (χ4n) is 1.04. The number of primary amides is 1. The number of nitrogens with zero attached hydrogens (tertiary/aromatic N) is 1. The molecule has 0 aromatic heterocycles. The van der Waals surface area contributed by atoms with Gasteiger partial charge in [-0.15, -0.1) is 0 Å². The Bertz CT molecular complexity index is 189. The van der Waals surface area contributed by atoms with Crippen LogP contribution in [0.25, 0.3) is 0 Å². The number of hydroxylamine groups is 1. The normalized spacial score (nSPS) is 17.1. The van der Waals surface area contributed by atoms with Crippen LogP contribution >= 0.6 is 0 Å². The van der Waals surface area contributed by atoms with Crippen molar-refractivity contribution < 1.29 is 9.53 Å². The molecule has 70 valence electrons. The van der Waals surface area contributed by atoms with Gasteiger partial charge in [0.25, 0.3) is 5.91 Å². The molecular weight excluding hydrogens is 156 g/mol. The van der Waals surface area contributed by atoms with Crippen LogP contribution in [0, 0.1) is 11.1 Å². The molecule has 0 aliphatic heterocycles. The average Bonchev–Trinajstić information content (AvgIpc) is 2.03. The minimum Gasteiger partial charge on any atom is -0.623 e. The molecule has 0 heterocycles. The summed E-state index contributed by atoms with van der Waals surface area (Å²) in [5.41, 5.74) is 5.09. The highest BCUT2D eigenvalue weighted by Crippen LogP contribution is 2.09. The first-order valence-corrected chi connectivity index (χ1v) is 4.08. The summed E-state index contributed by atoms with van der Waals surface area (Å²) in [6, 6.07) is -0.722. The predicted octanol–water partition coefficient (Wildman–Crippen LogP) is 0.487. The standard InChI is InChI=1S/C8H16N2O2/c1-4-6(3)7(8(9)11)10(12)5-2/h5-7H,4H2,1-3H3,(H2,9,11)/b10-5-. The molecule has 0 saturated heterocycles. The van der Waals surface area contributed by atoms with Gasteiger partial charge in [0.2, 0.25) is 6.04 Å². The van der Waals surface area contributed by atoms with Crippen molar-refractivity contribution in [1.29, 1.82) is 0 Å². The Morgan fingerprint density at radius 2 is 2.25 bits per heavy atom. The van der Waals surface area contributed by atoms with Gasteiger partial charge in [-0.25, -0.2) is 4.74 Å². The largest absolute Gasteiger partial charge is 0.623 e. The zero-order valence-corrected chi connectivity index (χ0v) is 7.78. The lowest BCUT2D eigenvalue weighted by Crippen LogP contribution is -2.41. The number of amides is 1. The number of hydrogen-bond donors (Lipinski definition) is 1. The van der Waals surface area contributed by atoms with Crippen molar-refractivity contribution in [2.75, 3.05) is 0 Å². The van der Waals surface area contributed by atoms with Crippen molar-refractivity contribution >= 4 is 12.1 Å². The van der Waals surface area contributed by atoms with E-state index in [4.69, 9.17) is 5.73 Å². The second-order valence-electron chi connectivity index (χ2n) is 2.85. The number of nitrogens with two attached hydrogens (primary N) is 1. The predicted molar refractivity (Wildman–Crippen MR) is 47.8 cm³/mol. The molecule has 0 radical (unpaired) electrons. The van der Waals surface area contributed by atoms with Gasteiger partial charge in [0.15, 0.2) is 0 Å². The molecular formula is C8H16N2O2. The van der Waals surface area contributed by atoms with Crippen LogP contribution < -0.4 is 5.73 Å². The number of rotatable bonds is 4. The Morgan fingerprint density at radius 1 is 1.75 bits per heavy atom. The van der Waals surface area contributed by atoms with Gasteiger partial charge in [0.05, 0.1) is 0 Å². The minimum atomic E-state index is -0.722. The quantitative estimate of drug-likeness (QED) is 0.290. The van der Waals surface area contributed by atoms with Crippen LogP contribution in [-0.4, -0.2) is 22.9 Å². The second kappa shape index (κ2) is 4.74. The van der Waals surface area contributed by atoms with Crippen molar-refractivity contribution in [1.82, 2.24) is 0 Å². The highest BCUT2D eigenvalue weighted by molar-refractivity contribution is 5.79. The summed E-state index contributed by atoms with van der Waals surface area (Å²) in [5.74, 6) is -0.561. The zero-order chi connectivity index (χ0) is 9.72. The van der Waals surface area contributed by atoms with Gasteiger partial charge in [0.1, 0.15) is 6.21 Å². The third-order valence-corrected chi connectivity index (χ3v) is 2.00. The average molecular weight is 172 g/mol. The highest BCUT2D eigenvalue weighted by Gasteiger charge is 2.28. The first-order chi connectivity index (χ1) is 5.54. The topological polar surface area (TPSA) is 69.2 Å². The van der Waals surface area contributed by atoms with Crippen LogP contribution in [0.1, 0.15) is 27.2 Å². The summed E-state index contributed by atoms with van der Waals surface area (Å²) in [7, 11) is 0. The third-order valence-electron chi connectivity index (χ3n) is 2.00. The Morgan fingerprint density at radius 3 is 2.50 bits per heavy atom. The molecule has 1 amide bonds. The van der Waals surface area contributed by atoms with E-state index in [9.17, 15) is 10.0 Å². The lowest BCUT2D eigenvalue weighted by molar-refractivity contribution is -0.491. The van der Waals surface area contributed by atoms with Crippen molar-refractivity contribution in [3.8, 4) is 0 Å². The molecule has 0 aliphatic rings. The van der Waals surface area contributed by atoms with E-state index in [-0.39, 0.29) is 5.92 Å². The number of carbonyl (C=O) groups excluding carboxylic acids is 1. The van der Waals surface area contributed by atoms with E-state index in [1.54, 1.807) is 6.92 Å². The fourth-order valence-corrected chi connectivity index (χ4v) is 1.04. The van der Waals surface area contributed by atoms with Gasteiger partial charge in [-0.1, -0.05) is 13.8 Å². The third kappa shape index (κ3) is 2.53. The summed E-state index contributed by atoms with van der Waals surface area (Å²) in [6.45, 7) is 5.35. The zero-order valence-electron chi connectivity index (χ0n) is 7.78. The van der Waals surface area contributed by atoms with Gasteiger partial charge in [-0.3, -0.25) is 4.79 Å². The molecule has 12 heavy (non-hydrogen) atoms. The molecule has 0 fully saturated rings. The van der Waals surface area contributed by atoms with E-state index < -0.39 is 11.9 Å². The maximum absolute atomic E-state index is 11.1. The number of hydrogen-bond acceptors (Lipinski definition) is 2. The smallest absolute Gasteiger partial charge is 0.287 e. The van der Waals surface area contributed by atoms with Gasteiger partial charge < -0.3 is 10.9 Å². The van der Waals surface area contributed by atoms with E-state index in [2.05, 4.69) is 0 Å². The molecule has 4 heteroatoms. The van der Waals surface area contributed by atoms with Crippen molar-refractivity contribution in [2.24, 2.45) is 11.7 Å². The Balaban J connectivity index is 4.55. The molecule has 2 N–H and O–H groups in total. The maximum Gasteiger partial charge on any atom is 0.287 e. The molecule has 2 unspecified atom stereocenters. The number of carbonyl (C=O) groups is 1. The molecule has 4 nitrogen and oxygen atoms in total. The summed E-state index contributed by atoms with van der Waals surface area (Å²) in [5, 5.41) is 11.1. The van der Waals surface area contributed by atoms with Crippen LogP contribution in [0.15, 0.2) is 0 Å². The molecule has 0 rings (SSSR count). The molecule has 0 bridgehead atoms. The van der Waals surface area contributed by atoms with Gasteiger partial charge in [0, 0.05) is 12.8 Å². The maximum atomic E-state index is 11.1. The molecule has 2 atom stereocenters. The van der Waals surface area contributed by atoms with Crippen molar-refractivity contribution in [3.63, 3.8) is 0 Å². The molecule has 0 aliphatic carbocycles. The van der Waals surface area contributed by atoms with Gasteiger partial charge >= 0.3 is 0 Å². The van der Waals surface area contributed by atoms with E-state index in [1.165, 1.54) is 6.21 Å². The summed E-state index contributed by atoms with van der Waals surface area (Å²) in [6.07, 6.45) is 2.09. The first kappa shape index (κ1) is 10.9. The van der Waals surface area contributed by atoms with Crippen molar-refractivity contribution in [2.45, 2.75) is 33.2 Å². The van der Waals surface area contributed by atoms with Crippen molar-refractivity contribution in [3.05, 3.63) is 5.21 Å². The Kier molecular flexibility index (Phi) is 4.33. The Hall–Kier alpha value is -1.06. The van der Waals surface area contributed by atoms with Crippen LogP contribution in [-0.2, 0) is 4.79 Å². The summed E-state index contributed by atoms with van der Waals surface area (Å²) < 4.78 is 0.622. The molecule has 0 saturated carbocycles. The van der Waals surface area contributed by atoms with Crippen LogP contribution in [0.4, 0.5) is 0 Å². The minimum absolute atomic E-state index is 0.00352. The molecule has 0 spiro atoms. The second-order valence-corrected chi connectivity index (χ2v) is 2.85. The Labute approximate surface area is 72.6 Å². The van der Waals surface area contributed by atoms with E-state index >= 15 is 0 Å². The lowest BCUT2D eigenvalue weighted by atomic mass is 9.99. The van der Waals surface area contributed by atoms with E-state index in [0.29, 0.717) is 4.74 Å². The molecule has 0 aromatic rings. The van der Waals surface area contributed by atoms with E-state index in [0.717, 1.165) is 6.42 Å². The summed E-state index contributed by atoms with van der Waals surface area (Å²) in [4.78, 5) is 10.9.